The number of rotatable bonds is 4. The Kier molecular flexibility index (Phi) is 4.00. The Morgan fingerprint density at radius 1 is 1.22 bits per heavy atom. The molecule has 1 atom stereocenters. The van der Waals surface area contributed by atoms with E-state index in [1.165, 1.54) is 34.2 Å². The molecule has 2 heterocycles. The lowest BCUT2D eigenvalue weighted by atomic mass is 9.89. The number of anilines is 1. The Hall–Kier alpha value is -1.94. The first-order chi connectivity index (χ1) is 11.3. The molecule has 118 valence electrons. The molecule has 2 aromatic heterocycles. The first-order valence-corrected chi connectivity index (χ1v) is 9.16. The lowest BCUT2D eigenvalue weighted by Gasteiger charge is -2.18. The molecule has 1 aromatic carbocycles. The van der Waals surface area contributed by atoms with Crippen LogP contribution in [0, 0.1) is 5.92 Å². The van der Waals surface area contributed by atoms with Crippen molar-refractivity contribution in [1.29, 1.82) is 0 Å². The van der Waals surface area contributed by atoms with Crippen molar-refractivity contribution in [3.63, 3.8) is 0 Å². The summed E-state index contributed by atoms with van der Waals surface area (Å²) in [4.78, 5) is 11.7. The van der Waals surface area contributed by atoms with Crippen molar-refractivity contribution in [2.75, 3.05) is 11.9 Å². The van der Waals surface area contributed by atoms with Crippen molar-refractivity contribution in [2.45, 2.75) is 32.6 Å². The maximum atomic E-state index is 4.52. The van der Waals surface area contributed by atoms with E-state index in [1.54, 1.807) is 6.33 Å². The minimum Gasteiger partial charge on any atom is -0.369 e. The van der Waals surface area contributed by atoms with E-state index in [4.69, 9.17) is 0 Å². The molecule has 23 heavy (non-hydrogen) atoms. The number of fused-ring (bicyclic) bond motifs is 3. The molecule has 1 N–H and O–H groups in total. The van der Waals surface area contributed by atoms with Crippen LogP contribution in [0.25, 0.3) is 10.2 Å². The van der Waals surface area contributed by atoms with Crippen molar-refractivity contribution < 1.29 is 0 Å². The highest BCUT2D eigenvalue weighted by molar-refractivity contribution is 7.19. The lowest BCUT2D eigenvalue weighted by molar-refractivity contribution is 0.509. The van der Waals surface area contributed by atoms with Gasteiger partial charge in [0.15, 0.2) is 0 Å². The van der Waals surface area contributed by atoms with Gasteiger partial charge in [-0.2, -0.15) is 0 Å². The molecule has 3 nitrogen and oxygen atoms in total. The van der Waals surface area contributed by atoms with Crippen LogP contribution in [0.2, 0.25) is 0 Å². The lowest BCUT2D eigenvalue weighted by Crippen LogP contribution is -2.10. The van der Waals surface area contributed by atoms with Crippen molar-refractivity contribution >= 4 is 27.4 Å². The molecule has 0 saturated heterocycles. The smallest absolute Gasteiger partial charge is 0.138 e. The van der Waals surface area contributed by atoms with Gasteiger partial charge >= 0.3 is 0 Å². The molecule has 0 radical (unpaired) electrons. The highest BCUT2D eigenvalue weighted by Gasteiger charge is 2.22. The van der Waals surface area contributed by atoms with E-state index in [1.807, 2.05) is 11.3 Å². The molecule has 3 aromatic rings. The van der Waals surface area contributed by atoms with Crippen LogP contribution >= 0.6 is 11.3 Å². The Bertz CT molecular complexity index is 810. The molecule has 0 aliphatic heterocycles. The van der Waals surface area contributed by atoms with Crippen LogP contribution in [0.15, 0.2) is 36.7 Å². The molecule has 4 rings (SSSR count). The van der Waals surface area contributed by atoms with E-state index in [2.05, 4.69) is 52.5 Å². The first kappa shape index (κ1) is 14.6. The zero-order chi connectivity index (χ0) is 15.6. The fourth-order valence-corrected chi connectivity index (χ4v) is 4.73. The van der Waals surface area contributed by atoms with E-state index in [0.29, 0.717) is 0 Å². The average Bonchev–Trinajstić information content (AvgIpc) is 2.94. The second kappa shape index (κ2) is 6.28. The summed E-state index contributed by atoms with van der Waals surface area (Å²) in [5.41, 5.74) is 2.84. The van der Waals surface area contributed by atoms with Gasteiger partial charge < -0.3 is 5.32 Å². The standard InChI is InChI=1S/C19H21N3S/c1-13-7-8-15-16(11-13)23-19-17(15)18(21-12-22-19)20-10-9-14-5-3-2-4-6-14/h2-6,12-13H,7-11H2,1H3,(H,20,21,22)/t13-/m1/s1. The zero-order valence-corrected chi connectivity index (χ0v) is 14.2. The van der Waals surface area contributed by atoms with E-state index in [0.717, 1.165) is 36.0 Å². The van der Waals surface area contributed by atoms with Crippen LogP contribution in [0.5, 0.6) is 0 Å². The fraction of sp³-hybridized carbons (Fsp3) is 0.368. The van der Waals surface area contributed by atoms with Crippen LogP contribution in [0.1, 0.15) is 29.3 Å². The number of benzene rings is 1. The third-order valence-electron chi connectivity index (χ3n) is 4.64. The second-order valence-electron chi connectivity index (χ2n) is 6.42. The summed E-state index contributed by atoms with van der Waals surface area (Å²) >= 11 is 1.86. The van der Waals surface area contributed by atoms with Gasteiger partial charge in [0, 0.05) is 11.4 Å². The van der Waals surface area contributed by atoms with E-state index >= 15 is 0 Å². The molecule has 0 unspecified atom stereocenters. The predicted octanol–water partition coefficient (Wildman–Crippen LogP) is 4.47. The number of hydrogen-bond donors (Lipinski definition) is 1. The van der Waals surface area contributed by atoms with Crippen LogP contribution in [-0.4, -0.2) is 16.5 Å². The Morgan fingerprint density at radius 2 is 2.09 bits per heavy atom. The summed E-state index contributed by atoms with van der Waals surface area (Å²) in [6.07, 6.45) is 6.34. The van der Waals surface area contributed by atoms with Gasteiger partial charge in [0.2, 0.25) is 0 Å². The van der Waals surface area contributed by atoms with Gasteiger partial charge in [-0.15, -0.1) is 11.3 Å². The summed E-state index contributed by atoms with van der Waals surface area (Å²) < 4.78 is 0. The third-order valence-corrected chi connectivity index (χ3v) is 5.80. The Balaban J connectivity index is 1.57. The van der Waals surface area contributed by atoms with Crippen LogP contribution in [0.4, 0.5) is 5.82 Å². The topological polar surface area (TPSA) is 37.8 Å². The normalized spacial score (nSPS) is 17.2. The van der Waals surface area contributed by atoms with Gasteiger partial charge in [0.25, 0.3) is 0 Å². The number of thiophene rings is 1. The van der Waals surface area contributed by atoms with E-state index < -0.39 is 0 Å². The van der Waals surface area contributed by atoms with Crippen LogP contribution in [-0.2, 0) is 19.3 Å². The van der Waals surface area contributed by atoms with Gasteiger partial charge in [-0.05, 0) is 42.7 Å². The number of aromatic nitrogens is 2. The van der Waals surface area contributed by atoms with Gasteiger partial charge in [-0.25, -0.2) is 9.97 Å². The minimum atomic E-state index is 0.790. The SMILES string of the molecule is C[C@@H]1CCc2c(sc3ncnc(NCCc4ccccc4)c23)C1. The number of nitrogens with one attached hydrogen (secondary N) is 1. The molecular weight excluding hydrogens is 302 g/mol. The van der Waals surface area contributed by atoms with Gasteiger partial charge in [-0.3, -0.25) is 0 Å². The summed E-state index contributed by atoms with van der Waals surface area (Å²) in [5.74, 6) is 1.80. The summed E-state index contributed by atoms with van der Waals surface area (Å²) in [6.45, 7) is 3.25. The number of aryl methyl sites for hydroxylation is 1. The van der Waals surface area contributed by atoms with Crippen LogP contribution < -0.4 is 5.32 Å². The molecule has 0 bridgehead atoms. The first-order valence-electron chi connectivity index (χ1n) is 8.34. The van der Waals surface area contributed by atoms with Crippen molar-refractivity contribution in [1.82, 2.24) is 9.97 Å². The molecule has 1 aliphatic rings. The molecule has 0 saturated carbocycles. The maximum absolute atomic E-state index is 4.52. The monoisotopic (exact) mass is 323 g/mol. The van der Waals surface area contributed by atoms with Gasteiger partial charge in [-0.1, -0.05) is 37.3 Å². The molecule has 0 spiro atoms. The van der Waals surface area contributed by atoms with Gasteiger partial charge in [0.05, 0.1) is 5.39 Å². The highest BCUT2D eigenvalue weighted by Crippen LogP contribution is 2.39. The van der Waals surface area contributed by atoms with E-state index in [9.17, 15) is 0 Å². The summed E-state index contributed by atoms with van der Waals surface area (Å²) in [6, 6.07) is 10.6. The molecule has 4 heteroatoms. The largest absolute Gasteiger partial charge is 0.369 e. The average molecular weight is 323 g/mol. The summed E-state index contributed by atoms with van der Waals surface area (Å²) in [7, 11) is 0. The van der Waals surface area contributed by atoms with E-state index in [-0.39, 0.29) is 0 Å². The van der Waals surface area contributed by atoms with Crippen LogP contribution in [0.3, 0.4) is 0 Å². The predicted molar refractivity (Wildman–Crippen MR) is 97.2 cm³/mol. The Labute approximate surface area is 140 Å². The quantitative estimate of drug-likeness (QED) is 0.770. The molecular formula is C19H21N3S. The summed E-state index contributed by atoms with van der Waals surface area (Å²) in [5, 5.41) is 4.81. The molecule has 0 fully saturated rings. The highest BCUT2D eigenvalue weighted by atomic mass is 32.1. The zero-order valence-electron chi connectivity index (χ0n) is 13.4. The molecule has 0 amide bonds. The maximum Gasteiger partial charge on any atom is 0.138 e. The minimum absolute atomic E-state index is 0.790. The number of hydrogen-bond acceptors (Lipinski definition) is 4. The fourth-order valence-electron chi connectivity index (χ4n) is 3.38. The second-order valence-corrected chi connectivity index (χ2v) is 7.50. The number of nitrogens with zero attached hydrogens (tertiary/aromatic N) is 2. The third kappa shape index (κ3) is 2.95. The Morgan fingerprint density at radius 3 is 2.96 bits per heavy atom. The van der Waals surface area contributed by atoms with Crippen molar-refractivity contribution in [3.05, 3.63) is 52.7 Å². The molecule has 1 aliphatic carbocycles. The van der Waals surface area contributed by atoms with Gasteiger partial charge in [0.1, 0.15) is 17.0 Å². The van der Waals surface area contributed by atoms with Crippen molar-refractivity contribution in [2.24, 2.45) is 5.92 Å². The van der Waals surface area contributed by atoms with Crippen molar-refractivity contribution in [3.8, 4) is 0 Å².